The lowest BCUT2D eigenvalue weighted by atomic mass is 10.0. The molecule has 0 radical (unpaired) electrons. The first-order valence-corrected chi connectivity index (χ1v) is 7.81. The summed E-state index contributed by atoms with van der Waals surface area (Å²) in [7, 11) is 0. The number of benzene rings is 1. The van der Waals surface area contributed by atoms with Crippen LogP contribution in [0, 0.1) is 13.8 Å². The quantitative estimate of drug-likeness (QED) is 0.816. The molecule has 2 amide bonds. The van der Waals surface area contributed by atoms with Crippen LogP contribution < -0.4 is 10.9 Å². The zero-order valence-corrected chi connectivity index (χ0v) is 13.8. The fourth-order valence-corrected chi connectivity index (χ4v) is 2.81. The summed E-state index contributed by atoms with van der Waals surface area (Å²) < 4.78 is 1.40. The first-order valence-electron chi connectivity index (χ1n) is 7.81. The number of hydrogen-bond donors (Lipinski definition) is 1. The zero-order chi connectivity index (χ0) is 17.1. The lowest BCUT2D eigenvalue weighted by molar-refractivity contribution is -0.135. The molecule has 0 bridgehead atoms. The Morgan fingerprint density at radius 1 is 1.17 bits per heavy atom. The lowest BCUT2D eigenvalue weighted by Gasteiger charge is -2.24. The molecule has 2 heterocycles. The number of aromatic nitrogens is 2. The van der Waals surface area contributed by atoms with E-state index in [-0.39, 0.29) is 17.9 Å². The largest absolute Gasteiger partial charge is 0.295 e. The highest BCUT2D eigenvalue weighted by molar-refractivity contribution is 5.99. The van der Waals surface area contributed by atoms with Crippen LogP contribution in [0.15, 0.2) is 23.0 Å². The molecule has 1 saturated heterocycles. The molecule has 1 aromatic carbocycles. The van der Waals surface area contributed by atoms with Crippen molar-refractivity contribution in [2.45, 2.75) is 46.6 Å². The molecule has 0 spiro atoms. The Morgan fingerprint density at radius 3 is 2.52 bits per heavy atom. The van der Waals surface area contributed by atoms with Gasteiger partial charge in [0, 0.05) is 6.42 Å². The highest BCUT2D eigenvalue weighted by Gasteiger charge is 2.30. The van der Waals surface area contributed by atoms with Gasteiger partial charge in [0.2, 0.25) is 11.8 Å². The van der Waals surface area contributed by atoms with E-state index >= 15 is 0 Å². The third-order valence-corrected chi connectivity index (χ3v) is 3.84. The topological polar surface area (TPSA) is 81.1 Å². The Hall–Kier alpha value is -2.50. The van der Waals surface area contributed by atoms with Crippen LogP contribution >= 0.6 is 0 Å². The number of amides is 2. The van der Waals surface area contributed by atoms with Gasteiger partial charge < -0.3 is 0 Å². The van der Waals surface area contributed by atoms with E-state index in [4.69, 9.17) is 0 Å². The molecule has 23 heavy (non-hydrogen) atoms. The first kappa shape index (κ1) is 16.9. The van der Waals surface area contributed by atoms with Crippen molar-refractivity contribution in [3.05, 3.63) is 39.9 Å². The Morgan fingerprint density at radius 2 is 1.87 bits per heavy atom. The van der Waals surface area contributed by atoms with Gasteiger partial charge in [0.05, 0.1) is 10.9 Å². The minimum absolute atomic E-state index is 0.230. The standard InChI is InChI=1S/C15H15N3O3.C2H6/c1-8-4-3-5-10-13(8)15(21)18(9(2)16-10)11-6-7-12(19)17-14(11)20;1-2/h3-5,11H,6-7H2,1-2H3,(H,17,19,20);1-2H3/t11-;/m1./s1. The fraction of sp³-hybridized carbons (Fsp3) is 0.412. The van der Waals surface area contributed by atoms with Gasteiger partial charge >= 0.3 is 0 Å². The lowest BCUT2D eigenvalue weighted by Crippen LogP contribution is -2.45. The molecule has 122 valence electrons. The highest BCUT2D eigenvalue weighted by Crippen LogP contribution is 2.20. The van der Waals surface area contributed by atoms with Gasteiger partial charge in [-0.25, -0.2) is 4.98 Å². The van der Waals surface area contributed by atoms with Gasteiger partial charge in [-0.1, -0.05) is 26.0 Å². The summed E-state index contributed by atoms with van der Waals surface area (Å²) in [6.07, 6.45) is 0.554. The molecule has 1 aromatic heterocycles. The maximum atomic E-state index is 12.8. The van der Waals surface area contributed by atoms with Crippen molar-refractivity contribution in [1.82, 2.24) is 14.9 Å². The monoisotopic (exact) mass is 315 g/mol. The minimum Gasteiger partial charge on any atom is -0.295 e. The van der Waals surface area contributed by atoms with Crippen molar-refractivity contribution in [3.63, 3.8) is 0 Å². The second-order valence-corrected chi connectivity index (χ2v) is 5.27. The van der Waals surface area contributed by atoms with Crippen molar-refractivity contribution in [2.24, 2.45) is 0 Å². The van der Waals surface area contributed by atoms with E-state index in [2.05, 4.69) is 10.3 Å². The number of rotatable bonds is 1. The maximum absolute atomic E-state index is 12.8. The number of aryl methyl sites for hydroxylation is 2. The molecular weight excluding hydrogens is 294 g/mol. The van der Waals surface area contributed by atoms with Gasteiger partial charge in [0.15, 0.2) is 0 Å². The third kappa shape index (κ3) is 3.02. The average molecular weight is 315 g/mol. The molecule has 0 unspecified atom stereocenters. The summed E-state index contributed by atoms with van der Waals surface area (Å²) in [6, 6.07) is 4.80. The average Bonchev–Trinajstić information content (AvgIpc) is 2.51. The summed E-state index contributed by atoms with van der Waals surface area (Å²) in [5.41, 5.74) is 1.22. The first-order chi connectivity index (χ1) is 11.0. The summed E-state index contributed by atoms with van der Waals surface area (Å²) >= 11 is 0. The summed E-state index contributed by atoms with van der Waals surface area (Å²) in [5.74, 6) is -0.259. The van der Waals surface area contributed by atoms with E-state index in [1.54, 1.807) is 13.0 Å². The van der Waals surface area contributed by atoms with Crippen LogP contribution in [-0.4, -0.2) is 21.4 Å². The van der Waals surface area contributed by atoms with Crippen LogP contribution in [0.4, 0.5) is 0 Å². The van der Waals surface area contributed by atoms with E-state index in [0.717, 1.165) is 5.56 Å². The zero-order valence-electron chi connectivity index (χ0n) is 13.8. The fourth-order valence-electron chi connectivity index (χ4n) is 2.81. The smallest absolute Gasteiger partial charge is 0.262 e. The molecule has 1 N–H and O–H groups in total. The maximum Gasteiger partial charge on any atom is 0.262 e. The van der Waals surface area contributed by atoms with E-state index < -0.39 is 11.9 Å². The van der Waals surface area contributed by atoms with Gasteiger partial charge in [-0.05, 0) is 31.9 Å². The van der Waals surface area contributed by atoms with Gasteiger partial charge in [-0.15, -0.1) is 0 Å². The molecule has 1 aliphatic heterocycles. The highest BCUT2D eigenvalue weighted by atomic mass is 16.2. The molecule has 2 aromatic rings. The Balaban J connectivity index is 0.000000924. The Kier molecular flexibility index (Phi) is 4.93. The molecule has 1 aliphatic rings. The number of nitrogens with zero attached hydrogens (tertiary/aromatic N) is 2. The number of imide groups is 1. The Bertz CT molecular complexity index is 824. The van der Waals surface area contributed by atoms with E-state index in [0.29, 0.717) is 23.1 Å². The summed E-state index contributed by atoms with van der Waals surface area (Å²) in [4.78, 5) is 40.4. The van der Waals surface area contributed by atoms with Crippen LogP contribution in [0.25, 0.3) is 10.9 Å². The second-order valence-electron chi connectivity index (χ2n) is 5.27. The molecule has 0 saturated carbocycles. The molecular formula is C17H21N3O3. The minimum atomic E-state index is -0.674. The summed E-state index contributed by atoms with van der Waals surface area (Å²) in [5, 5.41) is 2.80. The number of carbonyl (C=O) groups excluding carboxylic acids is 2. The number of carbonyl (C=O) groups is 2. The predicted octanol–water partition coefficient (Wildman–Crippen LogP) is 2.02. The van der Waals surface area contributed by atoms with Gasteiger partial charge in [0.25, 0.3) is 5.56 Å². The SMILES string of the molecule is CC.Cc1cccc2nc(C)n([C@@H]3CCC(=O)NC3=O)c(=O)c12. The van der Waals surface area contributed by atoms with E-state index in [1.165, 1.54) is 4.57 Å². The van der Waals surface area contributed by atoms with Gasteiger partial charge in [-0.3, -0.25) is 24.3 Å². The van der Waals surface area contributed by atoms with Gasteiger partial charge in [-0.2, -0.15) is 0 Å². The molecule has 6 heteroatoms. The van der Waals surface area contributed by atoms with E-state index in [1.807, 2.05) is 32.9 Å². The second kappa shape index (κ2) is 6.73. The van der Waals surface area contributed by atoms with Crippen LogP contribution in [0.1, 0.15) is 44.1 Å². The van der Waals surface area contributed by atoms with Crippen molar-refractivity contribution in [3.8, 4) is 0 Å². The third-order valence-electron chi connectivity index (χ3n) is 3.84. The predicted molar refractivity (Wildman–Crippen MR) is 88.2 cm³/mol. The van der Waals surface area contributed by atoms with Crippen LogP contribution in [0.3, 0.4) is 0 Å². The van der Waals surface area contributed by atoms with Gasteiger partial charge in [0.1, 0.15) is 11.9 Å². The summed E-state index contributed by atoms with van der Waals surface area (Å²) in [6.45, 7) is 7.54. The Labute approximate surface area is 134 Å². The molecule has 0 aliphatic carbocycles. The molecule has 3 rings (SSSR count). The number of nitrogens with one attached hydrogen (secondary N) is 1. The molecule has 1 fully saturated rings. The number of fused-ring (bicyclic) bond motifs is 1. The normalized spacial score (nSPS) is 17.5. The van der Waals surface area contributed by atoms with Crippen molar-refractivity contribution in [1.29, 1.82) is 0 Å². The van der Waals surface area contributed by atoms with Crippen molar-refractivity contribution in [2.75, 3.05) is 0 Å². The van der Waals surface area contributed by atoms with Crippen molar-refractivity contribution < 1.29 is 9.59 Å². The molecule has 6 nitrogen and oxygen atoms in total. The number of hydrogen-bond acceptors (Lipinski definition) is 4. The van der Waals surface area contributed by atoms with Crippen molar-refractivity contribution >= 4 is 22.7 Å². The van der Waals surface area contributed by atoms with Crippen LogP contribution in [-0.2, 0) is 9.59 Å². The van der Waals surface area contributed by atoms with Crippen LogP contribution in [0.5, 0.6) is 0 Å². The van der Waals surface area contributed by atoms with E-state index in [9.17, 15) is 14.4 Å². The molecule has 1 atom stereocenters. The number of piperidine rings is 1. The van der Waals surface area contributed by atoms with Crippen LogP contribution in [0.2, 0.25) is 0 Å².